The highest BCUT2D eigenvalue weighted by Gasteiger charge is 2.18. The molecule has 0 radical (unpaired) electrons. The van der Waals surface area contributed by atoms with Crippen LogP contribution in [0.5, 0.6) is 5.75 Å². The minimum Gasteiger partial charge on any atom is -0.484 e. The molecule has 0 heterocycles. The molecule has 0 atom stereocenters. The number of carbonyl (C=O) groups excluding carboxylic acids is 1. The third kappa shape index (κ3) is 5.85. The Hall–Kier alpha value is -1.86. The number of nitro benzene ring substituents is 1. The molecule has 0 unspecified atom stereocenters. The maximum Gasteiger partial charge on any atom is 0.269 e. The van der Waals surface area contributed by atoms with E-state index in [1.54, 1.807) is 13.8 Å². The number of non-ortho nitro benzene ring substituents is 1. The molecule has 0 saturated heterocycles. The first-order valence-electron chi connectivity index (χ1n) is 5.72. The quantitative estimate of drug-likeness (QED) is 0.607. The van der Waals surface area contributed by atoms with Gasteiger partial charge in [0.1, 0.15) is 5.75 Å². The van der Waals surface area contributed by atoms with Crippen LogP contribution < -0.4 is 15.8 Å². The molecule has 1 rings (SSSR count). The van der Waals surface area contributed by atoms with Gasteiger partial charge in [-0.15, -0.1) is 12.4 Å². The lowest BCUT2D eigenvalue weighted by Crippen LogP contribution is -2.50. The first-order chi connectivity index (χ1) is 8.84. The molecule has 1 amide bonds. The summed E-state index contributed by atoms with van der Waals surface area (Å²) in [5.41, 5.74) is 4.97. The number of nitrogens with zero attached hydrogens (tertiary/aromatic N) is 1. The Kier molecular flexibility index (Phi) is 6.95. The van der Waals surface area contributed by atoms with Gasteiger partial charge in [0.25, 0.3) is 11.6 Å². The number of nitrogens with two attached hydrogens (primary N) is 1. The summed E-state index contributed by atoms with van der Waals surface area (Å²) < 4.78 is 5.22. The number of nitrogens with one attached hydrogen (secondary N) is 1. The smallest absolute Gasteiger partial charge is 0.269 e. The second kappa shape index (κ2) is 7.66. The third-order valence-corrected chi connectivity index (χ3v) is 2.41. The van der Waals surface area contributed by atoms with Gasteiger partial charge in [0.15, 0.2) is 6.61 Å². The zero-order valence-electron chi connectivity index (χ0n) is 11.3. The van der Waals surface area contributed by atoms with Gasteiger partial charge < -0.3 is 15.8 Å². The molecule has 7 nitrogen and oxygen atoms in total. The number of hydrogen-bond donors (Lipinski definition) is 2. The molecular formula is C12H18ClN3O4. The number of nitro groups is 1. The molecule has 20 heavy (non-hydrogen) atoms. The van der Waals surface area contributed by atoms with Crippen LogP contribution in [0.25, 0.3) is 0 Å². The average molecular weight is 304 g/mol. The summed E-state index contributed by atoms with van der Waals surface area (Å²) in [6.07, 6.45) is 0. The number of amides is 1. The van der Waals surface area contributed by atoms with Gasteiger partial charge >= 0.3 is 0 Å². The molecule has 0 aliphatic rings. The minimum atomic E-state index is -0.500. The van der Waals surface area contributed by atoms with E-state index in [1.807, 2.05) is 0 Å². The van der Waals surface area contributed by atoms with Crippen LogP contribution in [0.2, 0.25) is 0 Å². The lowest BCUT2D eigenvalue weighted by molar-refractivity contribution is -0.384. The summed E-state index contributed by atoms with van der Waals surface area (Å²) in [6.45, 7) is 3.76. The molecular weight excluding hydrogens is 286 g/mol. The summed E-state index contributed by atoms with van der Waals surface area (Å²) in [4.78, 5) is 21.5. The maximum atomic E-state index is 11.6. The van der Waals surface area contributed by atoms with Crippen molar-refractivity contribution in [2.45, 2.75) is 19.4 Å². The number of hydrogen-bond acceptors (Lipinski definition) is 5. The summed E-state index contributed by atoms with van der Waals surface area (Å²) in [5, 5.41) is 13.2. The fourth-order valence-electron chi connectivity index (χ4n) is 1.28. The van der Waals surface area contributed by atoms with Crippen LogP contribution in [0.3, 0.4) is 0 Å². The van der Waals surface area contributed by atoms with Crippen molar-refractivity contribution < 1.29 is 14.5 Å². The molecule has 0 saturated carbocycles. The fourth-order valence-corrected chi connectivity index (χ4v) is 1.28. The normalized spacial score (nSPS) is 10.3. The van der Waals surface area contributed by atoms with Gasteiger partial charge in [-0.3, -0.25) is 14.9 Å². The molecule has 112 valence electrons. The summed E-state index contributed by atoms with van der Waals surface area (Å²) in [6, 6.07) is 5.52. The second-order valence-corrected chi connectivity index (χ2v) is 4.68. The van der Waals surface area contributed by atoms with Gasteiger partial charge in [-0.1, -0.05) is 0 Å². The van der Waals surface area contributed by atoms with Crippen LogP contribution in [0.1, 0.15) is 13.8 Å². The van der Waals surface area contributed by atoms with E-state index in [0.29, 0.717) is 12.3 Å². The Morgan fingerprint density at radius 2 is 1.95 bits per heavy atom. The number of carbonyl (C=O) groups is 1. The first kappa shape index (κ1) is 18.1. The van der Waals surface area contributed by atoms with Crippen LogP contribution >= 0.6 is 12.4 Å². The van der Waals surface area contributed by atoms with Crippen molar-refractivity contribution in [3.8, 4) is 5.75 Å². The molecule has 3 N–H and O–H groups in total. The highest BCUT2D eigenvalue weighted by atomic mass is 35.5. The number of benzene rings is 1. The zero-order chi connectivity index (χ0) is 14.5. The molecule has 0 aliphatic carbocycles. The monoisotopic (exact) mass is 303 g/mol. The predicted octanol–water partition coefficient (Wildman–Crippen LogP) is 1.25. The van der Waals surface area contributed by atoms with Crippen molar-refractivity contribution >= 4 is 24.0 Å². The van der Waals surface area contributed by atoms with Gasteiger partial charge in [-0.2, -0.15) is 0 Å². The van der Waals surface area contributed by atoms with Gasteiger partial charge in [-0.05, 0) is 26.0 Å². The number of rotatable bonds is 6. The van der Waals surface area contributed by atoms with Crippen molar-refractivity contribution in [3.05, 3.63) is 34.4 Å². The molecule has 0 aromatic heterocycles. The standard InChI is InChI=1S/C12H17N3O4.ClH/c1-12(2,8-13)14-11(16)7-19-10-5-3-9(4-6-10)15(17)18;/h3-6H,7-8,13H2,1-2H3,(H,14,16);1H. The number of halogens is 1. The van der Waals surface area contributed by atoms with Crippen molar-refractivity contribution in [1.82, 2.24) is 5.32 Å². The molecule has 1 aromatic rings. The van der Waals surface area contributed by atoms with E-state index in [1.165, 1.54) is 24.3 Å². The van der Waals surface area contributed by atoms with Gasteiger partial charge in [0, 0.05) is 24.2 Å². The van der Waals surface area contributed by atoms with E-state index < -0.39 is 10.5 Å². The lowest BCUT2D eigenvalue weighted by Gasteiger charge is -2.24. The Bertz CT molecular complexity index is 462. The van der Waals surface area contributed by atoms with Crippen molar-refractivity contribution in [3.63, 3.8) is 0 Å². The maximum absolute atomic E-state index is 11.6. The molecule has 0 bridgehead atoms. The molecule has 0 fully saturated rings. The Balaban J connectivity index is 0.00000361. The minimum absolute atomic E-state index is 0. The van der Waals surface area contributed by atoms with Crippen LogP contribution in [0, 0.1) is 10.1 Å². The Labute approximate surface area is 123 Å². The van der Waals surface area contributed by atoms with E-state index in [-0.39, 0.29) is 30.6 Å². The topological polar surface area (TPSA) is 107 Å². The van der Waals surface area contributed by atoms with Crippen molar-refractivity contribution in [2.24, 2.45) is 5.73 Å². The van der Waals surface area contributed by atoms with E-state index in [2.05, 4.69) is 5.32 Å². The Morgan fingerprint density at radius 3 is 2.40 bits per heavy atom. The van der Waals surface area contributed by atoms with Gasteiger partial charge in [-0.25, -0.2) is 0 Å². The highest BCUT2D eigenvalue weighted by Crippen LogP contribution is 2.17. The van der Waals surface area contributed by atoms with Gasteiger partial charge in [0.05, 0.1) is 4.92 Å². The molecule has 8 heteroatoms. The fraction of sp³-hybridized carbons (Fsp3) is 0.417. The number of ether oxygens (including phenoxy) is 1. The summed E-state index contributed by atoms with van der Waals surface area (Å²) in [5.74, 6) is 0.0973. The van der Waals surface area contributed by atoms with Crippen LogP contribution in [0.4, 0.5) is 5.69 Å². The summed E-state index contributed by atoms with van der Waals surface area (Å²) in [7, 11) is 0. The largest absolute Gasteiger partial charge is 0.484 e. The van der Waals surface area contributed by atoms with E-state index in [9.17, 15) is 14.9 Å². The predicted molar refractivity (Wildman–Crippen MR) is 77.1 cm³/mol. The molecule has 0 aliphatic heterocycles. The molecule has 0 spiro atoms. The molecule has 1 aromatic carbocycles. The van der Waals surface area contributed by atoms with Crippen LogP contribution in [-0.4, -0.2) is 29.5 Å². The average Bonchev–Trinajstić information content (AvgIpc) is 2.36. The van der Waals surface area contributed by atoms with E-state index in [0.717, 1.165) is 0 Å². The van der Waals surface area contributed by atoms with Crippen LogP contribution in [0.15, 0.2) is 24.3 Å². The second-order valence-electron chi connectivity index (χ2n) is 4.68. The zero-order valence-corrected chi connectivity index (χ0v) is 12.1. The van der Waals surface area contributed by atoms with Gasteiger partial charge in [0.2, 0.25) is 0 Å². The van der Waals surface area contributed by atoms with Crippen molar-refractivity contribution in [2.75, 3.05) is 13.2 Å². The summed E-state index contributed by atoms with van der Waals surface area (Å²) >= 11 is 0. The SMILES string of the molecule is CC(C)(CN)NC(=O)COc1ccc([N+](=O)[O-])cc1.Cl. The van der Waals surface area contributed by atoms with Crippen molar-refractivity contribution in [1.29, 1.82) is 0 Å². The first-order valence-corrected chi connectivity index (χ1v) is 5.72. The van der Waals surface area contributed by atoms with E-state index >= 15 is 0 Å². The van der Waals surface area contributed by atoms with E-state index in [4.69, 9.17) is 10.5 Å². The highest BCUT2D eigenvalue weighted by molar-refractivity contribution is 5.85. The lowest BCUT2D eigenvalue weighted by atomic mass is 10.1. The van der Waals surface area contributed by atoms with Crippen LogP contribution in [-0.2, 0) is 4.79 Å². The Morgan fingerprint density at radius 1 is 1.40 bits per heavy atom. The third-order valence-electron chi connectivity index (χ3n) is 2.41.